The maximum absolute atomic E-state index is 12.7. The number of carbonyl (C=O) groups is 2. The highest BCUT2D eigenvalue weighted by Crippen LogP contribution is 2.36. The molecule has 3 N–H and O–H groups in total. The zero-order chi connectivity index (χ0) is 18.3. The third kappa shape index (κ3) is 2.67. The van der Waals surface area contributed by atoms with E-state index in [1.165, 1.54) is 0 Å². The lowest BCUT2D eigenvalue weighted by molar-refractivity contribution is -0.122. The van der Waals surface area contributed by atoms with Crippen molar-refractivity contribution in [2.45, 2.75) is 25.3 Å². The van der Waals surface area contributed by atoms with Crippen molar-refractivity contribution in [3.8, 4) is 5.75 Å². The second kappa shape index (κ2) is 6.05. The first kappa shape index (κ1) is 16.4. The van der Waals surface area contributed by atoms with Crippen LogP contribution >= 0.6 is 0 Å². The predicted octanol–water partition coefficient (Wildman–Crippen LogP) is 2.74. The average molecular weight is 351 g/mol. The normalized spacial score (nSPS) is 18.0. The first-order chi connectivity index (χ1) is 12.5. The molecule has 2 heterocycles. The van der Waals surface area contributed by atoms with E-state index < -0.39 is 5.54 Å². The fourth-order valence-corrected chi connectivity index (χ4v) is 3.69. The number of aryl methyl sites for hydroxylation is 1. The number of phenols is 1. The molecule has 2 aromatic carbocycles. The van der Waals surface area contributed by atoms with Gasteiger partial charge < -0.3 is 20.6 Å². The van der Waals surface area contributed by atoms with E-state index >= 15 is 0 Å². The van der Waals surface area contributed by atoms with E-state index in [1.807, 2.05) is 37.3 Å². The number of likely N-dealkylation sites (tertiary alicyclic amines) is 1. The molecular formula is C20H21N3O3. The number of anilines is 2. The molecule has 1 fully saturated rings. The van der Waals surface area contributed by atoms with Crippen molar-refractivity contribution in [2.24, 2.45) is 0 Å². The summed E-state index contributed by atoms with van der Waals surface area (Å²) in [4.78, 5) is 27.1. The highest BCUT2D eigenvalue weighted by molar-refractivity contribution is 6.06. The Labute approximate surface area is 151 Å². The molecule has 2 aliphatic heterocycles. The van der Waals surface area contributed by atoms with Crippen LogP contribution in [0.1, 0.15) is 28.8 Å². The second-order valence-corrected chi connectivity index (χ2v) is 7.02. The van der Waals surface area contributed by atoms with Crippen molar-refractivity contribution in [2.75, 3.05) is 23.7 Å². The van der Waals surface area contributed by atoms with Crippen LogP contribution in [0.15, 0.2) is 42.5 Å². The van der Waals surface area contributed by atoms with Crippen molar-refractivity contribution in [1.29, 1.82) is 0 Å². The van der Waals surface area contributed by atoms with Gasteiger partial charge in [-0.1, -0.05) is 18.2 Å². The van der Waals surface area contributed by atoms with Gasteiger partial charge in [0, 0.05) is 13.1 Å². The number of phenolic OH excluding ortho intramolecular Hbond substituents is 1. The molecule has 2 amide bonds. The van der Waals surface area contributed by atoms with Crippen LogP contribution in [0.25, 0.3) is 0 Å². The van der Waals surface area contributed by atoms with E-state index in [9.17, 15) is 14.7 Å². The Bertz CT molecular complexity index is 886. The van der Waals surface area contributed by atoms with Crippen molar-refractivity contribution in [3.63, 3.8) is 0 Å². The first-order valence-electron chi connectivity index (χ1n) is 8.76. The lowest BCUT2D eigenvalue weighted by Gasteiger charge is -2.44. The number of nitrogens with one attached hydrogen (secondary N) is 2. The van der Waals surface area contributed by atoms with Gasteiger partial charge in [-0.3, -0.25) is 9.59 Å². The van der Waals surface area contributed by atoms with E-state index in [2.05, 4.69) is 10.6 Å². The third-order valence-corrected chi connectivity index (χ3v) is 5.27. The maximum Gasteiger partial charge on any atom is 0.257 e. The number of hydrogen-bond acceptors (Lipinski definition) is 4. The monoisotopic (exact) mass is 351 g/mol. The highest BCUT2D eigenvalue weighted by Gasteiger charge is 2.45. The molecule has 1 saturated heterocycles. The molecule has 2 aromatic rings. The van der Waals surface area contributed by atoms with Gasteiger partial charge in [0.25, 0.3) is 5.91 Å². The van der Waals surface area contributed by atoms with Crippen molar-refractivity contribution in [1.82, 2.24) is 4.90 Å². The first-order valence-corrected chi connectivity index (χ1v) is 8.76. The Kier molecular flexibility index (Phi) is 3.83. The molecule has 26 heavy (non-hydrogen) atoms. The fraction of sp³-hybridized carbons (Fsp3) is 0.300. The molecule has 4 rings (SSSR count). The Morgan fingerprint density at radius 2 is 1.81 bits per heavy atom. The standard InChI is InChI=1S/C20H21N3O3/c1-13-6-7-14(17(24)12-13)18(25)23-10-8-20(9-11-23)19(26)21-15-4-2-3-5-16(15)22-20/h2-7,12,22,24H,8-11H2,1H3,(H,21,26). The molecule has 0 aliphatic carbocycles. The quantitative estimate of drug-likeness (QED) is 0.738. The van der Waals surface area contributed by atoms with Crippen LogP contribution in [0, 0.1) is 6.92 Å². The average Bonchev–Trinajstić information content (AvgIpc) is 2.63. The number of carbonyl (C=O) groups excluding carboxylic acids is 2. The zero-order valence-corrected chi connectivity index (χ0v) is 14.6. The van der Waals surface area contributed by atoms with E-state index in [0.717, 1.165) is 16.9 Å². The van der Waals surface area contributed by atoms with Crippen molar-refractivity contribution < 1.29 is 14.7 Å². The molecule has 6 nitrogen and oxygen atoms in total. The van der Waals surface area contributed by atoms with Crippen LogP contribution in [-0.4, -0.2) is 40.4 Å². The number of rotatable bonds is 1. The Hall–Kier alpha value is -3.02. The number of piperidine rings is 1. The number of benzene rings is 2. The second-order valence-electron chi connectivity index (χ2n) is 7.02. The summed E-state index contributed by atoms with van der Waals surface area (Å²) in [5.74, 6) is -0.256. The van der Waals surface area contributed by atoms with Crippen LogP contribution in [0.2, 0.25) is 0 Å². The lowest BCUT2D eigenvalue weighted by atomic mass is 9.84. The number of nitrogens with zero attached hydrogens (tertiary/aromatic N) is 1. The van der Waals surface area contributed by atoms with Gasteiger partial charge >= 0.3 is 0 Å². The third-order valence-electron chi connectivity index (χ3n) is 5.27. The van der Waals surface area contributed by atoms with Gasteiger partial charge in [-0.05, 0) is 49.6 Å². The molecule has 0 unspecified atom stereocenters. The topological polar surface area (TPSA) is 81.7 Å². The van der Waals surface area contributed by atoms with Crippen LogP contribution in [0.4, 0.5) is 11.4 Å². The summed E-state index contributed by atoms with van der Waals surface area (Å²) < 4.78 is 0. The fourth-order valence-electron chi connectivity index (χ4n) is 3.69. The molecule has 0 bridgehead atoms. The van der Waals surface area contributed by atoms with Gasteiger partial charge in [0.05, 0.1) is 16.9 Å². The Balaban J connectivity index is 1.50. The highest BCUT2D eigenvalue weighted by atomic mass is 16.3. The molecule has 0 aromatic heterocycles. The smallest absolute Gasteiger partial charge is 0.257 e. The van der Waals surface area contributed by atoms with Gasteiger partial charge in [-0.2, -0.15) is 0 Å². The Morgan fingerprint density at radius 3 is 2.50 bits per heavy atom. The molecule has 0 radical (unpaired) electrons. The number of hydrogen-bond donors (Lipinski definition) is 3. The molecular weight excluding hydrogens is 330 g/mol. The minimum absolute atomic E-state index is 0.00208. The minimum atomic E-state index is -0.694. The number of amides is 2. The van der Waals surface area contributed by atoms with E-state index in [4.69, 9.17) is 0 Å². The number of aromatic hydroxyl groups is 1. The molecule has 1 spiro atoms. The summed E-state index contributed by atoms with van der Waals surface area (Å²) in [5.41, 5.74) is 2.20. The van der Waals surface area contributed by atoms with Crippen LogP contribution in [0.3, 0.4) is 0 Å². The zero-order valence-electron chi connectivity index (χ0n) is 14.6. The summed E-state index contributed by atoms with van der Waals surface area (Å²) in [5, 5.41) is 16.4. The summed E-state index contributed by atoms with van der Waals surface area (Å²) in [7, 11) is 0. The van der Waals surface area contributed by atoms with Gasteiger partial charge in [-0.15, -0.1) is 0 Å². The van der Waals surface area contributed by atoms with Gasteiger partial charge in [0.1, 0.15) is 11.3 Å². The van der Waals surface area contributed by atoms with E-state index in [0.29, 0.717) is 31.5 Å². The van der Waals surface area contributed by atoms with Gasteiger partial charge in [-0.25, -0.2) is 0 Å². The molecule has 2 aliphatic rings. The molecule has 134 valence electrons. The van der Waals surface area contributed by atoms with Crippen LogP contribution in [-0.2, 0) is 4.79 Å². The van der Waals surface area contributed by atoms with Crippen LogP contribution in [0.5, 0.6) is 5.75 Å². The maximum atomic E-state index is 12.7. The summed E-state index contributed by atoms with van der Waals surface area (Å²) in [6.45, 7) is 2.77. The van der Waals surface area contributed by atoms with Gasteiger partial charge in [0.15, 0.2) is 0 Å². The molecule has 6 heteroatoms. The summed E-state index contributed by atoms with van der Waals surface area (Å²) >= 11 is 0. The summed E-state index contributed by atoms with van der Waals surface area (Å²) in [6, 6.07) is 12.7. The van der Waals surface area contributed by atoms with Crippen LogP contribution < -0.4 is 10.6 Å². The van der Waals surface area contributed by atoms with Gasteiger partial charge in [0.2, 0.25) is 5.91 Å². The number of fused-ring (bicyclic) bond motifs is 1. The largest absolute Gasteiger partial charge is 0.507 e. The van der Waals surface area contributed by atoms with Crippen molar-refractivity contribution >= 4 is 23.2 Å². The Morgan fingerprint density at radius 1 is 1.12 bits per heavy atom. The SMILES string of the molecule is Cc1ccc(C(=O)N2CCC3(CC2)Nc2ccccc2NC3=O)c(O)c1. The van der Waals surface area contributed by atoms with E-state index in [-0.39, 0.29) is 17.6 Å². The van der Waals surface area contributed by atoms with Crippen molar-refractivity contribution in [3.05, 3.63) is 53.6 Å². The molecule has 0 saturated carbocycles. The lowest BCUT2D eigenvalue weighted by Crippen LogP contribution is -2.59. The summed E-state index contributed by atoms with van der Waals surface area (Å²) in [6.07, 6.45) is 1.04. The number of para-hydroxylation sites is 2. The molecule has 0 atom stereocenters. The predicted molar refractivity (Wildman–Crippen MR) is 99.4 cm³/mol. The van der Waals surface area contributed by atoms with E-state index in [1.54, 1.807) is 17.0 Å². The minimum Gasteiger partial charge on any atom is -0.507 e.